The Labute approximate surface area is 127 Å². The molecule has 0 radical (unpaired) electrons. The van der Waals surface area contributed by atoms with Crippen LogP contribution < -0.4 is 11.1 Å². The zero-order valence-electron chi connectivity index (χ0n) is 11.8. The third kappa shape index (κ3) is 3.20. The van der Waals surface area contributed by atoms with Crippen LogP contribution in [-0.4, -0.2) is 5.91 Å². The number of rotatable bonds is 2. The van der Waals surface area contributed by atoms with Crippen LogP contribution in [0.2, 0.25) is 0 Å². The SMILES string of the molecule is Cc1cc(C)cc(C(=O)Nc2c(N)cc(C)cc2Br)c1. The third-order valence-electron chi connectivity index (χ3n) is 2.99. The van der Waals surface area contributed by atoms with Gasteiger partial charge in [0.25, 0.3) is 5.91 Å². The molecule has 1 amide bonds. The number of carbonyl (C=O) groups is 1. The highest BCUT2D eigenvalue weighted by atomic mass is 79.9. The van der Waals surface area contributed by atoms with E-state index in [1.54, 1.807) is 0 Å². The molecule has 0 saturated heterocycles. The molecule has 0 fully saturated rings. The van der Waals surface area contributed by atoms with Gasteiger partial charge in [0.15, 0.2) is 0 Å². The first-order valence-corrected chi connectivity index (χ1v) is 7.11. The summed E-state index contributed by atoms with van der Waals surface area (Å²) in [7, 11) is 0. The van der Waals surface area contributed by atoms with E-state index >= 15 is 0 Å². The molecule has 2 rings (SSSR count). The van der Waals surface area contributed by atoms with Crippen LogP contribution in [0.25, 0.3) is 0 Å². The molecule has 2 aromatic carbocycles. The van der Waals surface area contributed by atoms with Gasteiger partial charge in [-0.05, 0) is 66.5 Å². The van der Waals surface area contributed by atoms with E-state index in [4.69, 9.17) is 5.73 Å². The number of benzene rings is 2. The Morgan fingerprint density at radius 1 is 1.00 bits per heavy atom. The van der Waals surface area contributed by atoms with E-state index in [1.165, 1.54) is 0 Å². The summed E-state index contributed by atoms with van der Waals surface area (Å²) in [6, 6.07) is 9.52. The van der Waals surface area contributed by atoms with Gasteiger partial charge in [-0.15, -0.1) is 0 Å². The predicted molar refractivity (Wildman–Crippen MR) is 87.2 cm³/mol. The van der Waals surface area contributed by atoms with Gasteiger partial charge in [0.05, 0.1) is 11.4 Å². The summed E-state index contributed by atoms with van der Waals surface area (Å²) in [4.78, 5) is 12.3. The number of nitrogens with one attached hydrogen (secondary N) is 1. The van der Waals surface area contributed by atoms with Gasteiger partial charge in [-0.25, -0.2) is 0 Å². The second-order valence-electron chi connectivity index (χ2n) is 5.04. The smallest absolute Gasteiger partial charge is 0.255 e. The molecule has 4 heteroatoms. The summed E-state index contributed by atoms with van der Waals surface area (Å²) in [6.07, 6.45) is 0. The molecule has 2 aromatic rings. The zero-order chi connectivity index (χ0) is 14.9. The number of carbonyl (C=O) groups excluding carboxylic acids is 1. The summed E-state index contributed by atoms with van der Waals surface area (Å²) >= 11 is 3.43. The van der Waals surface area contributed by atoms with Gasteiger partial charge in [0, 0.05) is 10.0 Å². The van der Waals surface area contributed by atoms with Gasteiger partial charge < -0.3 is 11.1 Å². The highest BCUT2D eigenvalue weighted by Gasteiger charge is 2.12. The van der Waals surface area contributed by atoms with Crippen LogP contribution in [0.4, 0.5) is 11.4 Å². The Morgan fingerprint density at radius 3 is 2.10 bits per heavy atom. The van der Waals surface area contributed by atoms with Gasteiger partial charge in [0.2, 0.25) is 0 Å². The fourth-order valence-electron chi connectivity index (χ4n) is 2.19. The van der Waals surface area contributed by atoms with Crippen LogP contribution >= 0.6 is 15.9 Å². The van der Waals surface area contributed by atoms with Gasteiger partial charge in [0.1, 0.15) is 0 Å². The first kappa shape index (κ1) is 14.6. The van der Waals surface area contributed by atoms with Crippen LogP contribution in [0.3, 0.4) is 0 Å². The van der Waals surface area contributed by atoms with Gasteiger partial charge in [-0.1, -0.05) is 17.2 Å². The summed E-state index contributed by atoms with van der Waals surface area (Å²) in [5.41, 5.74) is 10.9. The third-order valence-corrected chi connectivity index (χ3v) is 3.61. The highest BCUT2D eigenvalue weighted by Crippen LogP contribution is 2.30. The zero-order valence-corrected chi connectivity index (χ0v) is 13.3. The lowest BCUT2D eigenvalue weighted by Gasteiger charge is -2.12. The lowest BCUT2D eigenvalue weighted by atomic mass is 10.1. The maximum absolute atomic E-state index is 12.3. The molecule has 0 atom stereocenters. The van der Waals surface area contributed by atoms with Crippen LogP contribution in [0.15, 0.2) is 34.8 Å². The molecule has 0 aliphatic heterocycles. The molecule has 0 heterocycles. The van der Waals surface area contributed by atoms with Crippen LogP contribution in [0, 0.1) is 20.8 Å². The molecule has 0 aliphatic rings. The van der Waals surface area contributed by atoms with E-state index < -0.39 is 0 Å². The van der Waals surface area contributed by atoms with E-state index in [1.807, 2.05) is 51.1 Å². The van der Waals surface area contributed by atoms with Crippen molar-refractivity contribution in [2.24, 2.45) is 0 Å². The number of nitrogens with two attached hydrogens (primary N) is 1. The minimum atomic E-state index is -0.159. The second kappa shape index (κ2) is 5.67. The molecule has 0 saturated carbocycles. The second-order valence-corrected chi connectivity index (χ2v) is 5.90. The lowest BCUT2D eigenvalue weighted by molar-refractivity contribution is 0.102. The van der Waals surface area contributed by atoms with Crippen molar-refractivity contribution in [2.45, 2.75) is 20.8 Å². The Bertz CT molecular complexity index is 637. The van der Waals surface area contributed by atoms with E-state index in [0.29, 0.717) is 16.9 Å². The van der Waals surface area contributed by atoms with Crippen molar-refractivity contribution < 1.29 is 4.79 Å². The molecule has 0 spiro atoms. The Kier molecular flexibility index (Phi) is 4.14. The lowest BCUT2D eigenvalue weighted by Crippen LogP contribution is -2.14. The van der Waals surface area contributed by atoms with Crippen molar-refractivity contribution in [1.29, 1.82) is 0 Å². The maximum atomic E-state index is 12.3. The average molecular weight is 333 g/mol. The maximum Gasteiger partial charge on any atom is 0.255 e. The van der Waals surface area contributed by atoms with Crippen LogP contribution in [-0.2, 0) is 0 Å². The summed E-state index contributed by atoms with van der Waals surface area (Å²) < 4.78 is 0.785. The van der Waals surface area contributed by atoms with Crippen molar-refractivity contribution >= 4 is 33.2 Å². The van der Waals surface area contributed by atoms with Gasteiger partial charge >= 0.3 is 0 Å². The topological polar surface area (TPSA) is 55.1 Å². The molecule has 3 nitrogen and oxygen atoms in total. The number of halogens is 1. The molecular formula is C16H17BrN2O. The number of hydrogen-bond donors (Lipinski definition) is 2. The summed E-state index contributed by atoms with van der Waals surface area (Å²) in [6.45, 7) is 5.90. The van der Waals surface area contributed by atoms with Crippen LogP contribution in [0.1, 0.15) is 27.0 Å². The van der Waals surface area contributed by atoms with Crippen molar-refractivity contribution in [3.8, 4) is 0 Å². The van der Waals surface area contributed by atoms with E-state index in [-0.39, 0.29) is 5.91 Å². The summed E-state index contributed by atoms with van der Waals surface area (Å²) in [5, 5.41) is 2.87. The molecule has 0 aromatic heterocycles. The van der Waals surface area contributed by atoms with Crippen molar-refractivity contribution in [3.63, 3.8) is 0 Å². The normalized spacial score (nSPS) is 10.4. The summed E-state index contributed by atoms with van der Waals surface area (Å²) in [5.74, 6) is -0.159. The van der Waals surface area contributed by atoms with Crippen LogP contribution in [0.5, 0.6) is 0 Å². The minimum Gasteiger partial charge on any atom is -0.397 e. The van der Waals surface area contributed by atoms with Crippen molar-refractivity contribution in [2.75, 3.05) is 11.1 Å². The number of amides is 1. The number of aryl methyl sites for hydroxylation is 3. The molecular weight excluding hydrogens is 316 g/mol. The number of nitrogen functional groups attached to an aromatic ring is 1. The Balaban J connectivity index is 2.32. The fraction of sp³-hybridized carbons (Fsp3) is 0.188. The monoisotopic (exact) mass is 332 g/mol. The van der Waals surface area contributed by atoms with Crippen molar-refractivity contribution in [1.82, 2.24) is 0 Å². The highest BCUT2D eigenvalue weighted by molar-refractivity contribution is 9.10. The molecule has 0 aliphatic carbocycles. The molecule has 104 valence electrons. The fourth-order valence-corrected chi connectivity index (χ4v) is 2.88. The van der Waals surface area contributed by atoms with E-state index in [9.17, 15) is 4.79 Å². The molecule has 3 N–H and O–H groups in total. The molecule has 0 bridgehead atoms. The molecule has 0 unspecified atom stereocenters. The predicted octanol–water partition coefficient (Wildman–Crippen LogP) is 4.21. The van der Waals surface area contributed by atoms with Crippen molar-refractivity contribution in [3.05, 3.63) is 57.1 Å². The Hall–Kier alpha value is -1.81. The quantitative estimate of drug-likeness (QED) is 0.809. The Morgan fingerprint density at radius 2 is 1.55 bits per heavy atom. The minimum absolute atomic E-state index is 0.159. The number of anilines is 2. The molecule has 20 heavy (non-hydrogen) atoms. The van der Waals surface area contributed by atoms with Gasteiger partial charge in [-0.3, -0.25) is 4.79 Å². The van der Waals surface area contributed by atoms with E-state index in [0.717, 1.165) is 21.2 Å². The number of hydrogen-bond acceptors (Lipinski definition) is 2. The van der Waals surface area contributed by atoms with Gasteiger partial charge in [-0.2, -0.15) is 0 Å². The standard InChI is InChI=1S/C16H17BrN2O/c1-9-4-10(2)6-12(5-9)16(20)19-15-13(17)7-11(3)8-14(15)18/h4-8H,18H2,1-3H3,(H,19,20). The average Bonchev–Trinajstić information content (AvgIpc) is 2.32. The largest absolute Gasteiger partial charge is 0.397 e. The first-order chi connectivity index (χ1) is 9.36. The first-order valence-electron chi connectivity index (χ1n) is 6.32. The van der Waals surface area contributed by atoms with E-state index in [2.05, 4.69) is 21.2 Å².